The van der Waals surface area contributed by atoms with Crippen molar-refractivity contribution < 1.29 is 43.5 Å². The van der Waals surface area contributed by atoms with Crippen LogP contribution in [-0.2, 0) is 14.2 Å². The number of hydrogen-bond acceptors (Lipinski definition) is 13. The van der Waals surface area contributed by atoms with Crippen LogP contribution in [0.1, 0.15) is 106 Å². The van der Waals surface area contributed by atoms with E-state index in [1.54, 1.807) is 0 Å². The molecule has 9 atom stereocenters. The maximum absolute atomic E-state index is 13.8. The first-order chi connectivity index (χ1) is 27.4. The molecule has 4 aliphatic carbocycles. The highest BCUT2D eigenvalue weighted by Crippen LogP contribution is 2.67. The molecule has 2 unspecified atom stereocenters. The van der Waals surface area contributed by atoms with E-state index in [0.29, 0.717) is 38.2 Å². The van der Waals surface area contributed by atoms with Crippen LogP contribution in [0.25, 0.3) is 0 Å². The lowest BCUT2D eigenvalue weighted by atomic mass is 9.47. The zero-order valence-electron chi connectivity index (χ0n) is 32.8. The van der Waals surface area contributed by atoms with Crippen molar-refractivity contribution in [3.63, 3.8) is 0 Å². The molecule has 1 saturated heterocycles. The third-order valence-electron chi connectivity index (χ3n) is 13.9. The van der Waals surface area contributed by atoms with Crippen LogP contribution in [0.15, 0.2) is 59.2 Å². The van der Waals surface area contributed by atoms with Gasteiger partial charge in [0.2, 0.25) is 0 Å². The van der Waals surface area contributed by atoms with Gasteiger partial charge in [-0.25, -0.2) is 9.59 Å². The predicted octanol–water partition coefficient (Wildman–Crippen LogP) is 8.77. The minimum Gasteiger partial charge on any atom is -0.458 e. The number of non-ortho nitro benzene ring substituents is 4. The molecule has 4 fully saturated rings. The van der Waals surface area contributed by atoms with E-state index in [1.165, 1.54) is 0 Å². The fourth-order valence-corrected chi connectivity index (χ4v) is 11.0. The first kappa shape index (κ1) is 40.6. The van der Waals surface area contributed by atoms with Crippen LogP contribution in [-0.4, -0.2) is 56.6 Å². The van der Waals surface area contributed by atoms with E-state index in [0.717, 1.165) is 85.2 Å². The number of allylic oxidation sites excluding steroid dienone is 1. The summed E-state index contributed by atoms with van der Waals surface area (Å²) in [6.45, 7) is 9.28. The second kappa shape index (κ2) is 15.3. The number of carbonyl (C=O) groups is 2. The Morgan fingerprint density at radius 1 is 0.724 bits per heavy atom. The van der Waals surface area contributed by atoms with Gasteiger partial charge in [-0.1, -0.05) is 32.4 Å². The van der Waals surface area contributed by atoms with Crippen LogP contribution in [0.3, 0.4) is 0 Å². The molecule has 2 aromatic rings. The highest BCUT2D eigenvalue weighted by atomic mass is 16.6. The van der Waals surface area contributed by atoms with E-state index in [-0.39, 0.29) is 45.8 Å². The van der Waals surface area contributed by atoms with Gasteiger partial charge in [0.05, 0.1) is 49.1 Å². The van der Waals surface area contributed by atoms with Gasteiger partial charge in [-0.05, 0) is 104 Å². The SMILES string of the molecule is C/C(=C1/[C@H](OC(=O)c2cc([N+](=O)[O-])cc([N+](=O)[O-])c2)C[C@H]2[C@@H]3CC=C4C[C@@H](OC(=O)c5cc([N+](=O)[O-])cc([N+](=O)[O-])c5)CC[C@]4(C)[C@H]3CC[C@]12C)C1CCC(C)CO1. The van der Waals surface area contributed by atoms with E-state index in [4.69, 9.17) is 14.2 Å². The Morgan fingerprint density at radius 3 is 1.78 bits per heavy atom. The summed E-state index contributed by atoms with van der Waals surface area (Å²) in [7, 11) is 0. The van der Waals surface area contributed by atoms with Gasteiger partial charge in [-0.3, -0.25) is 40.5 Å². The first-order valence-corrected chi connectivity index (χ1v) is 19.7. The van der Waals surface area contributed by atoms with E-state index in [9.17, 15) is 50.0 Å². The number of carbonyl (C=O) groups excluding carboxylic acids is 2. The topological polar surface area (TPSA) is 234 Å². The number of nitrogens with zero attached hydrogens (tertiary/aromatic N) is 4. The summed E-state index contributed by atoms with van der Waals surface area (Å²) in [4.78, 5) is 70.0. The molecule has 0 aromatic heterocycles. The number of fused-ring (bicyclic) bond motifs is 5. The van der Waals surface area contributed by atoms with Crippen molar-refractivity contribution >= 4 is 34.7 Å². The fraction of sp³-hybridized carbons (Fsp3) is 0.561. The van der Waals surface area contributed by atoms with E-state index in [1.807, 2.05) is 6.92 Å². The van der Waals surface area contributed by atoms with Crippen molar-refractivity contribution in [1.82, 2.24) is 0 Å². The lowest BCUT2D eigenvalue weighted by molar-refractivity contribution is -0.394. The number of benzene rings is 2. The van der Waals surface area contributed by atoms with Crippen molar-refractivity contribution in [3.05, 3.63) is 111 Å². The second-order valence-corrected chi connectivity index (χ2v) is 17.2. The smallest absolute Gasteiger partial charge is 0.339 e. The molecule has 5 aliphatic rings. The van der Waals surface area contributed by atoms with Crippen LogP contribution < -0.4 is 0 Å². The summed E-state index contributed by atoms with van der Waals surface area (Å²) < 4.78 is 18.5. The Bertz CT molecular complexity index is 2100. The quantitative estimate of drug-likeness (QED) is 0.0999. The third kappa shape index (κ3) is 7.35. The Balaban J connectivity index is 1.15. The summed E-state index contributed by atoms with van der Waals surface area (Å²) in [5.74, 6) is -0.771. The Morgan fingerprint density at radius 2 is 1.26 bits per heavy atom. The second-order valence-electron chi connectivity index (χ2n) is 17.2. The summed E-state index contributed by atoms with van der Waals surface area (Å²) >= 11 is 0. The number of nitro benzene ring substituents is 4. The van der Waals surface area contributed by atoms with Crippen LogP contribution in [0.4, 0.5) is 22.7 Å². The molecule has 0 spiro atoms. The highest BCUT2D eigenvalue weighted by Gasteiger charge is 2.61. The lowest BCUT2D eigenvalue weighted by Gasteiger charge is -2.57. The zero-order valence-corrected chi connectivity index (χ0v) is 32.8. The Labute approximate surface area is 333 Å². The van der Waals surface area contributed by atoms with Crippen molar-refractivity contribution in [2.24, 2.45) is 34.5 Å². The van der Waals surface area contributed by atoms with Crippen molar-refractivity contribution in [2.45, 2.75) is 104 Å². The first-order valence-electron chi connectivity index (χ1n) is 19.7. The van der Waals surface area contributed by atoms with Crippen LogP contribution in [0.5, 0.6) is 0 Å². The average molecular weight is 803 g/mol. The third-order valence-corrected chi connectivity index (χ3v) is 13.9. The average Bonchev–Trinajstić information content (AvgIpc) is 3.48. The van der Waals surface area contributed by atoms with E-state index in [2.05, 4.69) is 26.8 Å². The lowest BCUT2D eigenvalue weighted by Crippen LogP contribution is -2.50. The Kier molecular flexibility index (Phi) is 10.7. The molecule has 58 heavy (non-hydrogen) atoms. The van der Waals surface area contributed by atoms with Gasteiger partial charge >= 0.3 is 11.9 Å². The highest BCUT2D eigenvalue weighted by molar-refractivity contribution is 5.92. The maximum atomic E-state index is 13.8. The van der Waals surface area contributed by atoms with E-state index >= 15 is 0 Å². The molecule has 0 bridgehead atoms. The summed E-state index contributed by atoms with van der Waals surface area (Å²) in [6, 6.07) is 5.59. The van der Waals surface area contributed by atoms with Crippen LogP contribution in [0, 0.1) is 75.0 Å². The van der Waals surface area contributed by atoms with Gasteiger partial charge in [0.1, 0.15) is 12.2 Å². The molecule has 0 radical (unpaired) electrons. The molecule has 1 heterocycles. The molecule has 3 saturated carbocycles. The molecule has 0 N–H and O–H groups in total. The molecule has 1 aliphatic heterocycles. The van der Waals surface area contributed by atoms with Crippen molar-refractivity contribution in [2.75, 3.05) is 6.61 Å². The summed E-state index contributed by atoms with van der Waals surface area (Å²) in [6.07, 6.45) is 7.27. The largest absolute Gasteiger partial charge is 0.458 e. The minimum atomic E-state index is -0.871. The normalized spacial score (nSPS) is 32.3. The molecule has 17 nitrogen and oxygen atoms in total. The van der Waals surface area contributed by atoms with Gasteiger partial charge in [-0.2, -0.15) is 0 Å². The number of ether oxygens (including phenoxy) is 3. The molecule has 2 aromatic carbocycles. The standard InChI is InChI=1S/C41H46N4O13/c1-22-5-8-35(56-21-22)23(2)37-36(58-39(47)25-15-29(44(52)53)19-30(16-25)45(54)55)20-34-32-7-6-26-17-31(9-11-40(26,3)33(32)10-12-41(34,37)4)57-38(46)24-13-27(42(48)49)18-28(14-24)43(50)51/h6,13-16,18-19,22,31-36H,5,7-12,17,20-21H2,1-4H3/b37-23+/t22?,31-,32+,33-,34-,35?,36+,40-,41-/m0/s1. The molecule has 0 amide bonds. The van der Waals surface area contributed by atoms with Crippen LogP contribution >= 0.6 is 0 Å². The molecule has 308 valence electrons. The van der Waals surface area contributed by atoms with Gasteiger partial charge in [-0.15, -0.1) is 0 Å². The van der Waals surface area contributed by atoms with Gasteiger partial charge < -0.3 is 14.2 Å². The van der Waals surface area contributed by atoms with Crippen molar-refractivity contribution in [1.29, 1.82) is 0 Å². The number of hydrogen-bond donors (Lipinski definition) is 0. The zero-order chi connectivity index (χ0) is 41.8. The molecular formula is C41H46N4O13. The summed E-state index contributed by atoms with van der Waals surface area (Å²) in [5, 5.41) is 46.1. The van der Waals surface area contributed by atoms with Gasteiger partial charge in [0.25, 0.3) is 22.7 Å². The van der Waals surface area contributed by atoms with Gasteiger partial charge in [0, 0.05) is 37.3 Å². The number of rotatable bonds is 9. The molecule has 17 heteroatoms. The van der Waals surface area contributed by atoms with E-state index < -0.39 is 66.6 Å². The fourth-order valence-electron chi connectivity index (χ4n) is 11.0. The maximum Gasteiger partial charge on any atom is 0.339 e. The summed E-state index contributed by atoms with van der Waals surface area (Å²) in [5.41, 5.74) is -0.246. The Hall–Kier alpha value is -5.58. The van der Waals surface area contributed by atoms with Crippen molar-refractivity contribution in [3.8, 4) is 0 Å². The number of esters is 2. The van der Waals surface area contributed by atoms with Crippen LogP contribution in [0.2, 0.25) is 0 Å². The van der Waals surface area contributed by atoms with Gasteiger partial charge in [0.15, 0.2) is 0 Å². The monoisotopic (exact) mass is 802 g/mol. The predicted molar refractivity (Wildman–Crippen MR) is 206 cm³/mol. The molecule has 7 rings (SSSR count). The number of nitro groups is 4. The molecular weight excluding hydrogens is 756 g/mol. The minimum absolute atomic E-state index is 0.0887.